The third-order valence-electron chi connectivity index (χ3n) is 4.79. The smallest absolute Gasteiger partial charge is 0.344 e. The zero-order valence-corrected chi connectivity index (χ0v) is 14.9. The molecule has 0 radical (unpaired) electrons. The maximum Gasteiger partial charge on any atom is 0.416 e. The fourth-order valence-corrected chi connectivity index (χ4v) is 3.36. The van der Waals surface area contributed by atoms with Gasteiger partial charge in [-0.3, -0.25) is 14.4 Å². The number of nitrogens with one attached hydrogen (secondary N) is 1. The number of hydrogen-bond acceptors (Lipinski definition) is 3. The number of hydrogen-bond donors (Lipinski definition) is 1. The Morgan fingerprint density at radius 2 is 1.89 bits per heavy atom. The zero-order chi connectivity index (χ0) is 20.5. The highest BCUT2D eigenvalue weighted by Gasteiger charge is 2.45. The van der Waals surface area contributed by atoms with Gasteiger partial charge in [-0.15, -0.1) is 0 Å². The van der Waals surface area contributed by atoms with Crippen molar-refractivity contribution >= 4 is 23.8 Å². The first kappa shape index (κ1) is 19.6. The normalized spacial score (nSPS) is 19.6. The molecule has 0 aromatic heterocycles. The van der Waals surface area contributed by atoms with E-state index in [1.165, 1.54) is 36.2 Å². The Kier molecular flexibility index (Phi) is 5.22. The van der Waals surface area contributed by atoms with E-state index in [-0.39, 0.29) is 23.4 Å². The first-order chi connectivity index (χ1) is 13.2. The quantitative estimate of drug-likeness (QED) is 0.643. The van der Waals surface area contributed by atoms with Crippen LogP contribution in [0.25, 0.3) is 0 Å². The predicted molar refractivity (Wildman–Crippen MR) is 95.8 cm³/mol. The van der Waals surface area contributed by atoms with Crippen molar-refractivity contribution in [2.75, 3.05) is 18.9 Å². The third-order valence-corrected chi connectivity index (χ3v) is 4.79. The minimum atomic E-state index is -4.52. The summed E-state index contributed by atoms with van der Waals surface area (Å²) in [4.78, 5) is 37.8. The first-order valence-electron chi connectivity index (χ1n) is 8.49. The molecular formula is C20H17F3N2O3. The Balaban J connectivity index is 1.93. The molecule has 0 bridgehead atoms. The second kappa shape index (κ2) is 7.46. The van der Waals surface area contributed by atoms with E-state index < -0.39 is 35.4 Å². The van der Waals surface area contributed by atoms with Crippen molar-refractivity contribution in [3.8, 4) is 0 Å². The Morgan fingerprint density at radius 1 is 1.18 bits per heavy atom. The molecular weight excluding hydrogens is 373 g/mol. The van der Waals surface area contributed by atoms with Crippen LogP contribution in [0.3, 0.4) is 0 Å². The number of anilines is 1. The molecule has 1 aliphatic heterocycles. The molecule has 8 heteroatoms. The van der Waals surface area contributed by atoms with E-state index >= 15 is 0 Å². The summed E-state index contributed by atoms with van der Waals surface area (Å²) in [5, 5.41) is 2.56. The number of carbonyl (C=O) groups excluding carboxylic acids is 3. The van der Waals surface area contributed by atoms with Gasteiger partial charge in [0.1, 0.15) is 5.92 Å². The molecule has 1 heterocycles. The van der Waals surface area contributed by atoms with E-state index in [4.69, 9.17) is 0 Å². The van der Waals surface area contributed by atoms with E-state index in [9.17, 15) is 27.6 Å². The van der Waals surface area contributed by atoms with Crippen LogP contribution in [0.5, 0.6) is 0 Å². The summed E-state index contributed by atoms with van der Waals surface area (Å²) in [6, 6.07) is 10.9. The summed E-state index contributed by atoms with van der Waals surface area (Å²) in [6.07, 6.45) is -3.95. The summed E-state index contributed by atoms with van der Waals surface area (Å²) < 4.78 is 39.1. The fourth-order valence-electron chi connectivity index (χ4n) is 3.36. The minimum absolute atomic E-state index is 0.119. The number of likely N-dealkylation sites (tertiary alicyclic amines) is 1. The lowest BCUT2D eigenvalue weighted by Gasteiger charge is -2.18. The van der Waals surface area contributed by atoms with E-state index in [2.05, 4.69) is 5.32 Å². The molecule has 0 aliphatic carbocycles. The van der Waals surface area contributed by atoms with Crippen LogP contribution >= 0.6 is 0 Å². The monoisotopic (exact) mass is 390 g/mol. The van der Waals surface area contributed by atoms with Crippen LogP contribution in [-0.2, 0) is 15.8 Å². The van der Waals surface area contributed by atoms with Crippen molar-refractivity contribution in [1.82, 2.24) is 4.90 Å². The molecule has 5 nitrogen and oxygen atoms in total. The SMILES string of the molecule is CN1C[C@H](c2cccc(C(F)(F)F)c2)[C@@H](C(=O)Nc2ccccc2C=O)C1=O. The van der Waals surface area contributed by atoms with Gasteiger partial charge in [0.2, 0.25) is 11.8 Å². The predicted octanol–water partition coefficient (Wildman–Crippen LogP) is 3.33. The van der Waals surface area contributed by atoms with E-state index in [1.54, 1.807) is 12.1 Å². The van der Waals surface area contributed by atoms with Crippen molar-refractivity contribution in [1.29, 1.82) is 0 Å². The molecule has 2 amide bonds. The topological polar surface area (TPSA) is 66.5 Å². The average Bonchev–Trinajstić information content (AvgIpc) is 2.96. The van der Waals surface area contributed by atoms with Crippen LogP contribution in [-0.4, -0.2) is 36.6 Å². The summed E-state index contributed by atoms with van der Waals surface area (Å²) in [5.41, 5.74) is -0.0910. The van der Waals surface area contributed by atoms with Gasteiger partial charge in [0.05, 0.1) is 11.3 Å². The number of amides is 2. The largest absolute Gasteiger partial charge is 0.416 e. The summed E-state index contributed by atoms with van der Waals surface area (Å²) in [5.74, 6) is -3.06. The fraction of sp³-hybridized carbons (Fsp3) is 0.250. The molecule has 1 saturated heterocycles. The Morgan fingerprint density at radius 3 is 2.57 bits per heavy atom. The van der Waals surface area contributed by atoms with E-state index in [1.807, 2.05) is 0 Å². The molecule has 0 spiro atoms. The van der Waals surface area contributed by atoms with Gasteiger partial charge in [0.15, 0.2) is 6.29 Å². The molecule has 2 atom stereocenters. The number of halogens is 3. The molecule has 1 N–H and O–H groups in total. The lowest BCUT2D eigenvalue weighted by molar-refractivity contribution is -0.137. The highest BCUT2D eigenvalue weighted by Crippen LogP contribution is 2.37. The molecule has 3 rings (SSSR count). The maximum absolute atomic E-state index is 13.0. The summed E-state index contributed by atoms with van der Waals surface area (Å²) in [7, 11) is 1.50. The number of nitrogens with zero attached hydrogens (tertiary/aromatic N) is 1. The molecule has 146 valence electrons. The minimum Gasteiger partial charge on any atom is -0.344 e. The van der Waals surface area contributed by atoms with E-state index in [0.29, 0.717) is 6.29 Å². The molecule has 1 fully saturated rings. The van der Waals surface area contributed by atoms with Gasteiger partial charge in [-0.05, 0) is 23.8 Å². The zero-order valence-electron chi connectivity index (χ0n) is 14.9. The van der Waals surface area contributed by atoms with Crippen molar-refractivity contribution in [3.05, 3.63) is 65.2 Å². The summed E-state index contributed by atoms with van der Waals surface area (Å²) >= 11 is 0. The Hall–Kier alpha value is -3.16. The van der Waals surface area contributed by atoms with Gasteiger partial charge < -0.3 is 10.2 Å². The highest BCUT2D eigenvalue weighted by molar-refractivity contribution is 6.09. The first-order valence-corrected chi connectivity index (χ1v) is 8.49. The number of alkyl halides is 3. The van der Waals surface area contributed by atoms with Crippen molar-refractivity contribution in [3.63, 3.8) is 0 Å². The van der Waals surface area contributed by atoms with Crippen LogP contribution < -0.4 is 5.32 Å². The lowest BCUT2D eigenvalue weighted by atomic mass is 9.87. The number of benzene rings is 2. The van der Waals surface area contributed by atoms with Crippen molar-refractivity contribution in [2.45, 2.75) is 12.1 Å². The Bertz CT molecular complexity index is 927. The van der Waals surface area contributed by atoms with E-state index in [0.717, 1.165) is 12.1 Å². The molecule has 1 aliphatic rings. The molecule has 2 aromatic rings. The van der Waals surface area contributed by atoms with Gasteiger partial charge in [-0.2, -0.15) is 13.2 Å². The number of carbonyl (C=O) groups is 3. The summed E-state index contributed by atoms with van der Waals surface area (Å²) in [6.45, 7) is 0.119. The van der Waals surface area contributed by atoms with Crippen LogP contribution in [0.15, 0.2) is 48.5 Å². The van der Waals surface area contributed by atoms with Crippen LogP contribution in [0.1, 0.15) is 27.4 Å². The van der Waals surface area contributed by atoms with Crippen LogP contribution in [0, 0.1) is 5.92 Å². The lowest BCUT2D eigenvalue weighted by Crippen LogP contribution is -2.33. The third kappa shape index (κ3) is 3.76. The van der Waals surface area contributed by atoms with Crippen molar-refractivity contribution in [2.24, 2.45) is 5.92 Å². The standard InChI is InChI=1S/C20H17F3N2O3/c1-25-10-15(12-6-4-7-14(9-12)20(21,22)23)17(19(25)28)18(27)24-16-8-3-2-5-13(16)11-26/h2-9,11,15,17H,10H2,1H3,(H,24,27)/t15-,17+/m1/s1. The maximum atomic E-state index is 13.0. The average molecular weight is 390 g/mol. The second-order valence-corrected chi connectivity index (χ2v) is 6.62. The number of para-hydroxylation sites is 1. The molecule has 2 aromatic carbocycles. The van der Waals surface area contributed by atoms with Crippen LogP contribution in [0.2, 0.25) is 0 Å². The molecule has 28 heavy (non-hydrogen) atoms. The van der Waals surface area contributed by atoms with Gasteiger partial charge >= 0.3 is 6.18 Å². The van der Waals surface area contributed by atoms with Gasteiger partial charge in [-0.1, -0.05) is 30.3 Å². The second-order valence-electron chi connectivity index (χ2n) is 6.62. The molecule has 0 saturated carbocycles. The Labute approximate surface area is 159 Å². The highest BCUT2D eigenvalue weighted by atomic mass is 19.4. The molecule has 0 unspecified atom stereocenters. The number of aldehydes is 1. The number of rotatable bonds is 4. The van der Waals surface area contributed by atoms with Crippen LogP contribution in [0.4, 0.5) is 18.9 Å². The number of likely N-dealkylation sites (N-methyl/N-ethyl adjacent to an activating group) is 1. The van der Waals surface area contributed by atoms with Gasteiger partial charge in [-0.25, -0.2) is 0 Å². The van der Waals surface area contributed by atoms with Crippen molar-refractivity contribution < 1.29 is 27.6 Å². The van der Waals surface area contributed by atoms with Gasteiger partial charge in [0, 0.05) is 25.1 Å². The van der Waals surface area contributed by atoms with Gasteiger partial charge in [0.25, 0.3) is 0 Å².